The van der Waals surface area contributed by atoms with Crippen LogP contribution in [0.15, 0.2) is 24.3 Å². The number of hydrogen-bond acceptors (Lipinski definition) is 2. The van der Waals surface area contributed by atoms with Crippen molar-refractivity contribution < 1.29 is 4.74 Å². The molecule has 1 fully saturated rings. The quantitative estimate of drug-likeness (QED) is 0.770. The molecule has 1 radical (unpaired) electrons. The smallest absolute Gasteiger partial charge is 0.120 e. The van der Waals surface area contributed by atoms with Crippen molar-refractivity contribution in [3.63, 3.8) is 0 Å². The first-order chi connectivity index (χ1) is 6.79. The summed E-state index contributed by atoms with van der Waals surface area (Å²) in [6, 6.07) is 10.7. The fraction of sp³-hybridized carbons (Fsp3) is 0.500. The van der Waals surface area contributed by atoms with Crippen LogP contribution in [0.3, 0.4) is 0 Å². The average molecular weight is 190 g/mol. The Hall–Kier alpha value is -1.02. The molecule has 2 nitrogen and oxygen atoms in total. The number of piperidine rings is 1. The lowest BCUT2D eigenvalue weighted by atomic mass is 9.94. The zero-order chi connectivity index (χ0) is 9.86. The zero-order valence-electron chi connectivity index (χ0n) is 8.55. The van der Waals surface area contributed by atoms with Gasteiger partial charge in [0.1, 0.15) is 11.4 Å². The van der Waals surface area contributed by atoms with E-state index in [-0.39, 0.29) is 5.60 Å². The van der Waals surface area contributed by atoms with Crippen LogP contribution in [0, 0.1) is 6.07 Å². The Morgan fingerprint density at radius 3 is 2.57 bits per heavy atom. The van der Waals surface area contributed by atoms with Crippen LogP contribution in [0.2, 0.25) is 0 Å². The van der Waals surface area contributed by atoms with Crippen molar-refractivity contribution in [2.24, 2.45) is 0 Å². The summed E-state index contributed by atoms with van der Waals surface area (Å²) in [4.78, 5) is 0. The lowest BCUT2D eigenvalue weighted by Crippen LogP contribution is -2.43. The van der Waals surface area contributed by atoms with E-state index in [0.29, 0.717) is 0 Å². The van der Waals surface area contributed by atoms with Crippen LogP contribution in [0.25, 0.3) is 0 Å². The maximum absolute atomic E-state index is 5.98. The molecule has 2 heteroatoms. The summed E-state index contributed by atoms with van der Waals surface area (Å²) in [5, 5.41) is 3.34. The van der Waals surface area contributed by atoms with Crippen LogP contribution in [0.1, 0.15) is 19.8 Å². The fourth-order valence-electron chi connectivity index (χ4n) is 1.78. The second kappa shape index (κ2) is 4.01. The summed E-state index contributed by atoms with van der Waals surface area (Å²) < 4.78 is 5.98. The molecule has 0 saturated carbocycles. The second-order valence-electron chi connectivity index (χ2n) is 4.04. The number of rotatable bonds is 2. The van der Waals surface area contributed by atoms with Gasteiger partial charge < -0.3 is 10.1 Å². The van der Waals surface area contributed by atoms with E-state index in [2.05, 4.69) is 18.3 Å². The average Bonchev–Trinajstić information content (AvgIpc) is 2.19. The van der Waals surface area contributed by atoms with Gasteiger partial charge in [-0.2, -0.15) is 0 Å². The molecule has 0 atom stereocenters. The summed E-state index contributed by atoms with van der Waals surface area (Å²) in [5.41, 5.74) is 0.00655. The van der Waals surface area contributed by atoms with E-state index in [1.54, 1.807) is 0 Å². The number of benzene rings is 1. The van der Waals surface area contributed by atoms with Gasteiger partial charge in [0.2, 0.25) is 0 Å². The second-order valence-corrected chi connectivity index (χ2v) is 4.04. The SMILES string of the molecule is CC1(Oc2cc[c]cc2)CCNCC1. The van der Waals surface area contributed by atoms with Gasteiger partial charge in [-0.05, 0) is 51.1 Å². The maximum Gasteiger partial charge on any atom is 0.120 e. The lowest BCUT2D eigenvalue weighted by Gasteiger charge is -2.34. The summed E-state index contributed by atoms with van der Waals surface area (Å²) in [6.45, 7) is 4.29. The van der Waals surface area contributed by atoms with Crippen molar-refractivity contribution in [1.29, 1.82) is 0 Å². The Morgan fingerprint density at radius 2 is 1.93 bits per heavy atom. The molecule has 0 bridgehead atoms. The third kappa shape index (κ3) is 2.26. The molecule has 1 N–H and O–H groups in total. The number of hydrogen-bond donors (Lipinski definition) is 1. The first-order valence-corrected chi connectivity index (χ1v) is 5.14. The highest BCUT2D eigenvalue weighted by molar-refractivity contribution is 5.21. The highest BCUT2D eigenvalue weighted by Gasteiger charge is 2.28. The molecular weight excluding hydrogens is 174 g/mol. The van der Waals surface area contributed by atoms with Gasteiger partial charge in [-0.1, -0.05) is 12.1 Å². The van der Waals surface area contributed by atoms with Crippen LogP contribution < -0.4 is 10.1 Å². The Morgan fingerprint density at radius 1 is 1.29 bits per heavy atom. The molecule has 1 aliphatic rings. The van der Waals surface area contributed by atoms with Crippen molar-refractivity contribution >= 4 is 0 Å². The van der Waals surface area contributed by atoms with Gasteiger partial charge in [-0.25, -0.2) is 0 Å². The van der Waals surface area contributed by atoms with Gasteiger partial charge in [-0.15, -0.1) is 0 Å². The van der Waals surface area contributed by atoms with Gasteiger partial charge in [0, 0.05) is 0 Å². The Labute approximate surface area is 85.3 Å². The number of nitrogens with one attached hydrogen (secondary N) is 1. The molecule has 75 valence electrons. The molecule has 14 heavy (non-hydrogen) atoms. The van der Waals surface area contributed by atoms with Crippen LogP contribution in [0.5, 0.6) is 5.75 Å². The molecule has 1 aromatic rings. The molecule has 2 rings (SSSR count). The van der Waals surface area contributed by atoms with Crippen molar-refractivity contribution in [2.75, 3.05) is 13.1 Å². The first kappa shape index (κ1) is 9.53. The van der Waals surface area contributed by atoms with Crippen molar-refractivity contribution in [3.05, 3.63) is 30.3 Å². The predicted molar refractivity (Wildman–Crippen MR) is 56.4 cm³/mol. The standard InChI is InChI=1S/C12H16NO/c1-12(7-9-13-10-8-12)14-11-5-3-2-4-6-11/h3-6,13H,7-10H2,1H3. The minimum Gasteiger partial charge on any atom is -0.487 e. The Bertz CT molecular complexity index is 278. The van der Waals surface area contributed by atoms with Crippen LogP contribution >= 0.6 is 0 Å². The molecule has 1 aromatic carbocycles. The monoisotopic (exact) mass is 190 g/mol. The third-order valence-electron chi connectivity index (χ3n) is 2.71. The Kier molecular flexibility index (Phi) is 2.73. The molecule has 0 spiro atoms. The van der Waals surface area contributed by atoms with E-state index in [4.69, 9.17) is 4.74 Å². The van der Waals surface area contributed by atoms with E-state index in [1.807, 2.05) is 24.3 Å². The van der Waals surface area contributed by atoms with Gasteiger partial charge in [-0.3, -0.25) is 0 Å². The lowest BCUT2D eigenvalue weighted by molar-refractivity contribution is 0.0556. The van der Waals surface area contributed by atoms with E-state index in [9.17, 15) is 0 Å². The topological polar surface area (TPSA) is 21.3 Å². The zero-order valence-corrected chi connectivity index (χ0v) is 8.55. The van der Waals surface area contributed by atoms with Crippen LogP contribution in [-0.2, 0) is 0 Å². The third-order valence-corrected chi connectivity index (χ3v) is 2.71. The largest absolute Gasteiger partial charge is 0.487 e. The van der Waals surface area contributed by atoms with E-state index in [1.165, 1.54) is 0 Å². The van der Waals surface area contributed by atoms with Gasteiger partial charge >= 0.3 is 0 Å². The Balaban J connectivity index is 2.02. The minimum absolute atomic E-state index is 0.00655. The maximum atomic E-state index is 5.98. The predicted octanol–water partition coefficient (Wildman–Crippen LogP) is 2.01. The summed E-state index contributed by atoms with van der Waals surface area (Å²) in [5.74, 6) is 0.952. The normalized spacial score (nSPS) is 20.4. The molecule has 0 unspecified atom stereocenters. The van der Waals surface area contributed by atoms with Gasteiger partial charge in [0.15, 0.2) is 0 Å². The minimum atomic E-state index is 0.00655. The van der Waals surface area contributed by atoms with Crippen LogP contribution in [-0.4, -0.2) is 18.7 Å². The highest BCUT2D eigenvalue weighted by atomic mass is 16.5. The fourth-order valence-corrected chi connectivity index (χ4v) is 1.78. The van der Waals surface area contributed by atoms with E-state index in [0.717, 1.165) is 31.7 Å². The van der Waals surface area contributed by atoms with Crippen molar-refractivity contribution in [1.82, 2.24) is 5.32 Å². The molecular formula is C12H16NO. The van der Waals surface area contributed by atoms with Crippen molar-refractivity contribution in [3.8, 4) is 5.75 Å². The van der Waals surface area contributed by atoms with Crippen molar-refractivity contribution in [2.45, 2.75) is 25.4 Å². The summed E-state index contributed by atoms with van der Waals surface area (Å²) >= 11 is 0. The molecule has 0 aliphatic carbocycles. The molecule has 0 amide bonds. The van der Waals surface area contributed by atoms with E-state index >= 15 is 0 Å². The summed E-state index contributed by atoms with van der Waals surface area (Å²) in [7, 11) is 0. The van der Waals surface area contributed by atoms with Gasteiger partial charge in [0.05, 0.1) is 0 Å². The molecule has 0 aromatic heterocycles. The molecule has 1 heterocycles. The van der Waals surface area contributed by atoms with E-state index < -0.39 is 0 Å². The first-order valence-electron chi connectivity index (χ1n) is 5.14. The number of ether oxygens (including phenoxy) is 1. The van der Waals surface area contributed by atoms with Crippen LogP contribution in [0.4, 0.5) is 0 Å². The summed E-state index contributed by atoms with van der Waals surface area (Å²) in [6.07, 6.45) is 2.15. The van der Waals surface area contributed by atoms with Gasteiger partial charge in [0.25, 0.3) is 0 Å². The highest BCUT2D eigenvalue weighted by Crippen LogP contribution is 2.25. The molecule has 1 saturated heterocycles. The molecule has 1 aliphatic heterocycles.